The zero-order valence-corrected chi connectivity index (χ0v) is 13.8. The van der Waals surface area contributed by atoms with Crippen LogP contribution in [0.15, 0.2) is 36.8 Å². The maximum absolute atomic E-state index is 4.62. The molecule has 0 spiro atoms. The molecular formula is C19H24N4. The van der Waals surface area contributed by atoms with E-state index in [1.54, 1.807) is 0 Å². The molecule has 4 heterocycles. The predicted octanol–water partition coefficient (Wildman–Crippen LogP) is 3.71. The lowest BCUT2D eigenvalue weighted by atomic mass is 9.99. The van der Waals surface area contributed by atoms with Gasteiger partial charge in [0.2, 0.25) is 0 Å². The Balaban J connectivity index is 1.54. The molecule has 4 rings (SSSR count). The van der Waals surface area contributed by atoms with Crippen molar-refractivity contribution in [3.63, 3.8) is 0 Å². The van der Waals surface area contributed by atoms with Crippen LogP contribution in [0.4, 0.5) is 0 Å². The van der Waals surface area contributed by atoms with Crippen LogP contribution in [0.1, 0.15) is 26.2 Å². The number of pyridine rings is 2. The third kappa shape index (κ3) is 2.83. The Hall–Kier alpha value is -1.94. The van der Waals surface area contributed by atoms with E-state index in [1.165, 1.54) is 55.2 Å². The molecule has 1 aliphatic rings. The molecule has 0 bridgehead atoms. The molecule has 0 N–H and O–H groups in total. The van der Waals surface area contributed by atoms with Crippen molar-refractivity contribution in [3.8, 4) is 0 Å². The van der Waals surface area contributed by atoms with Crippen molar-refractivity contribution < 1.29 is 0 Å². The van der Waals surface area contributed by atoms with E-state index < -0.39 is 0 Å². The van der Waals surface area contributed by atoms with Gasteiger partial charge in [-0.05, 0) is 63.0 Å². The minimum absolute atomic E-state index is 0.903. The maximum atomic E-state index is 4.62. The largest absolute Gasteiger partial charge is 0.325 e. The summed E-state index contributed by atoms with van der Waals surface area (Å²) >= 11 is 0. The van der Waals surface area contributed by atoms with E-state index in [0.29, 0.717) is 0 Å². The van der Waals surface area contributed by atoms with Crippen LogP contribution in [0.25, 0.3) is 21.9 Å². The number of rotatable bonds is 4. The van der Waals surface area contributed by atoms with Crippen LogP contribution < -0.4 is 0 Å². The molecule has 1 aliphatic heterocycles. The van der Waals surface area contributed by atoms with Crippen molar-refractivity contribution in [1.29, 1.82) is 0 Å². The first-order chi connectivity index (χ1) is 11.3. The van der Waals surface area contributed by atoms with Crippen molar-refractivity contribution in [3.05, 3.63) is 36.8 Å². The standard InChI is InChI=1S/C19H24N4/c1-15-6-12-22(13-7-15)10-3-11-23-18-5-9-20-14-17(18)16-4-2-8-21-19(16)23/h2,4-5,8-9,14-15H,3,6-7,10-13H2,1H3. The lowest BCUT2D eigenvalue weighted by Gasteiger charge is -2.30. The van der Waals surface area contributed by atoms with Gasteiger partial charge >= 0.3 is 0 Å². The first kappa shape index (κ1) is 14.6. The van der Waals surface area contributed by atoms with Crippen molar-refractivity contribution in [2.45, 2.75) is 32.7 Å². The Morgan fingerprint density at radius 2 is 1.96 bits per heavy atom. The molecule has 0 aliphatic carbocycles. The van der Waals surface area contributed by atoms with Crippen LogP contribution in [0.5, 0.6) is 0 Å². The summed E-state index contributed by atoms with van der Waals surface area (Å²) in [5.41, 5.74) is 2.34. The summed E-state index contributed by atoms with van der Waals surface area (Å²) in [4.78, 5) is 11.5. The summed E-state index contributed by atoms with van der Waals surface area (Å²) in [6.45, 7) is 7.10. The van der Waals surface area contributed by atoms with Gasteiger partial charge < -0.3 is 9.47 Å². The predicted molar refractivity (Wildman–Crippen MR) is 94.5 cm³/mol. The van der Waals surface area contributed by atoms with E-state index in [0.717, 1.165) is 18.1 Å². The van der Waals surface area contributed by atoms with Crippen molar-refractivity contribution >= 4 is 21.9 Å². The molecule has 120 valence electrons. The number of aromatic nitrogens is 3. The van der Waals surface area contributed by atoms with E-state index in [-0.39, 0.29) is 0 Å². The summed E-state index contributed by atoms with van der Waals surface area (Å²) in [6.07, 6.45) is 9.60. The number of aryl methyl sites for hydroxylation is 1. The molecule has 0 amide bonds. The quantitative estimate of drug-likeness (QED) is 0.737. The van der Waals surface area contributed by atoms with E-state index in [1.807, 2.05) is 24.7 Å². The van der Waals surface area contributed by atoms with E-state index >= 15 is 0 Å². The van der Waals surface area contributed by atoms with Crippen LogP contribution in [0, 0.1) is 5.92 Å². The number of piperidine rings is 1. The molecule has 4 nitrogen and oxygen atoms in total. The Morgan fingerprint density at radius 1 is 1.09 bits per heavy atom. The average molecular weight is 308 g/mol. The summed E-state index contributed by atoms with van der Waals surface area (Å²) in [5, 5.41) is 2.42. The number of hydrogen-bond acceptors (Lipinski definition) is 3. The maximum Gasteiger partial charge on any atom is 0.140 e. The first-order valence-corrected chi connectivity index (χ1v) is 8.72. The monoisotopic (exact) mass is 308 g/mol. The van der Waals surface area contributed by atoms with Crippen LogP contribution in [0.3, 0.4) is 0 Å². The smallest absolute Gasteiger partial charge is 0.140 e. The normalized spacial score (nSPS) is 17.3. The molecule has 23 heavy (non-hydrogen) atoms. The summed E-state index contributed by atoms with van der Waals surface area (Å²) in [6, 6.07) is 6.27. The van der Waals surface area contributed by atoms with Gasteiger partial charge in [0.05, 0.1) is 5.52 Å². The zero-order valence-electron chi connectivity index (χ0n) is 13.8. The highest BCUT2D eigenvalue weighted by Crippen LogP contribution is 2.26. The summed E-state index contributed by atoms with van der Waals surface area (Å²) in [7, 11) is 0. The Labute approximate surface area is 137 Å². The van der Waals surface area contributed by atoms with Crippen LogP contribution >= 0.6 is 0 Å². The first-order valence-electron chi connectivity index (χ1n) is 8.72. The molecule has 0 saturated carbocycles. The molecule has 0 radical (unpaired) electrons. The van der Waals surface area contributed by atoms with E-state index in [9.17, 15) is 0 Å². The summed E-state index contributed by atoms with van der Waals surface area (Å²) in [5.74, 6) is 0.903. The SMILES string of the molecule is CC1CCN(CCCn2c3ccncc3c3cccnc32)CC1. The Morgan fingerprint density at radius 3 is 2.83 bits per heavy atom. The molecule has 0 atom stereocenters. The number of nitrogens with zero attached hydrogens (tertiary/aromatic N) is 4. The molecule has 3 aromatic rings. The molecule has 0 aromatic carbocycles. The highest BCUT2D eigenvalue weighted by Gasteiger charge is 2.16. The van der Waals surface area contributed by atoms with Gasteiger partial charge in [-0.3, -0.25) is 4.98 Å². The topological polar surface area (TPSA) is 34.0 Å². The highest BCUT2D eigenvalue weighted by atomic mass is 15.1. The fourth-order valence-corrected chi connectivity index (χ4v) is 3.73. The van der Waals surface area contributed by atoms with Crippen LogP contribution in [0.2, 0.25) is 0 Å². The van der Waals surface area contributed by atoms with Gasteiger partial charge in [0, 0.05) is 35.9 Å². The number of likely N-dealkylation sites (tertiary alicyclic amines) is 1. The average Bonchev–Trinajstić information content (AvgIpc) is 2.91. The molecule has 1 saturated heterocycles. The van der Waals surface area contributed by atoms with Gasteiger partial charge in [0.1, 0.15) is 5.65 Å². The third-order valence-electron chi connectivity index (χ3n) is 5.15. The van der Waals surface area contributed by atoms with E-state index in [4.69, 9.17) is 0 Å². The van der Waals surface area contributed by atoms with Crippen molar-refractivity contribution in [2.24, 2.45) is 5.92 Å². The second-order valence-corrected chi connectivity index (χ2v) is 6.80. The van der Waals surface area contributed by atoms with E-state index in [2.05, 4.69) is 38.5 Å². The van der Waals surface area contributed by atoms with Gasteiger partial charge in [0.15, 0.2) is 0 Å². The minimum atomic E-state index is 0.903. The number of hydrogen-bond donors (Lipinski definition) is 0. The lowest BCUT2D eigenvalue weighted by Crippen LogP contribution is -2.34. The van der Waals surface area contributed by atoms with Crippen LogP contribution in [-0.4, -0.2) is 39.1 Å². The van der Waals surface area contributed by atoms with Gasteiger partial charge in [-0.25, -0.2) is 4.98 Å². The molecule has 1 fully saturated rings. The fraction of sp³-hybridized carbons (Fsp3) is 0.474. The van der Waals surface area contributed by atoms with Gasteiger partial charge in [0.25, 0.3) is 0 Å². The fourth-order valence-electron chi connectivity index (χ4n) is 3.73. The number of fused-ring (bicyclic) bond motifs is 3. The van der Waals surface area contributed by atoms with Crippen molar-refractivity contribution in [1.82, 2.24) is 19.4 Å². The van der Waals surface area contributed by atoms with Gasteiger partial charge in [-0.1, -0.05) is 6.92 Å². The molecule has 3 aromatic heterocycles. The van der Waals surface area contributed by atoms with Crippen molar-refractivity contribution in [2.75, 3.05) is 19.6 Å². The molecular weight excluding hydrogens is 284 g/mol. The summed E-state index contributed by atoms with van der Waals surface area (Å²) < 4.78 is 2.36. The zero-order chi connectivity index (χ0) is 15.6. The third-order valence-corrected chi connectivity index (χ3v) is 5.15. The molecule has 4 heteroatoms. The van der Waals surface area contributed by atoms with Crippen LogP contribution in [-0.2, 0) is 6.54 Å². The minimum Gasteiger partial charge on any atom is -0.325 e. The second kappa shape index (κ2) is 6.28. The highest BCUT2D eigenvalue weighted by molar-refractivity contribution is 6.06. The Kier molecular flexibility index (Phi) is 4.00. The molecule has 0 unspecified atom stereocenters. The van der Waals surface area contributed by atoms with Gasteiger partial charge in [-0.2, -0.15) is 0 Å². The Bertz CT molecular complexity index is 746. The van der Waals surface area contributed by atoms with Gasteiger partial charge in [-0.15, -0.1) is 0 Å². The second-order valence-electron chi connectivity index (χ2n) is 6.80. The lowest BCUT2D eigenvalue weighted by molar-refractivity contribution is 0.188.